The zero-order chi connectivity index (χ0) is 15.6. The number of carboxylic acid groups (broad SMARTS) is 1. The van der Waals surface area contributed by atoms with Crippen molar-refractivity contribution in [2.24, 2.45) is 0 Å². The van der Waals surface area contributed by atoms with E-state index in [0.29, 0.717) is 11.2 Å². The maximum atomic E-state index is 10.8. The van der Waals surface area contributed by atoms with E-state index in [9.17, 15) is 4.79 Å². The molecule has 0 radical (unpaired) electrons. The molecule has 21 heavy (non-hydrogen) atoms. The third kappa shape index (κ3) is 3.54. The van der Waals surface area contributed by atoms with Crippen LogP contribution in [0.1, 0.15) is 12.5 Å². The van der Waals surface area contributed by atoms with Gasteiger partial charge in [0.2, 0.25) is 0 Å². The van der Waals surface area contributed by atoms with Gasteiger partial charge in [-0.15, -0.1) is 0 Å². The second kappa shape index (κ2) is 6.44. The van der Waals surface area contributed by atoms with Crippen molar-refractivity contribution in [3.8, 4) is 0 Å². The number of imidazole rings is 1. The molecule has 2 aromatic rings. The third-order valence-corrected chi connectivity index (χ3v) is 4.41. The van der Waals surface area contributed by atoms with E-state index in [2.05, 4.69) is 21.8 Å². The summed E-state index contributed by atoms with van der Waals surface area (Å²) in [5.74, 6) is -0.845. The van der Waals surface area contributed by atoms with E-state index >= 15 is 0 Å². The Labute approximate surface area is 128 Å². The first-order valence-corrected chi connectivity index (χ1v) is 7.71. The fourth-order valence-corrected chi connectivity index (χ4v) is 2.67. The van der Waals surface area contributed by atoms with Crippen molar-refractivity contribution in [2.45, 2.75) is 31.6 Å². The number of hydrogen-bond acceptors (Lipinski definition) is 5. The van der Waals surface area contributed by atoms with E-state index in [1.165, 1.54) is 11.8 Å². The van der Waals surface area contributed by atoms with Crippen LogP contribution in [0.4, 0.5) is 0 Å². The maximum Gasteiger partial charge on any atom is 0.313 e. The first-order valence-electron chi connectivity index (χ1n) is 6.73. The van der Waals surface area contributed by atoms with E-state index < -0.39 is 5.97 Å². The Morgan fingerprint density at radius 2 is 2.24 bits per heavy atom. The fraction of sp³-hybridized carbons (Fsp3) is 0.500. The predicted octanol–water partition coefficient (Wildman–Crippen LogP) is 1.87. The zero-order valence-corrected chi connectivity index (χ0v) is 13.5. The van der Waals surface area contributed by atoms with Crippen LogP contribution in [-0.2, 0) is 11.3 Å². The SMILES string of the molecule is Cc1ccnc2c1nc(SCC(=O)O)n2CC(C)N(C)C. The summed E-state index contributed by atoms with van der Waals surface area (Å²) < 4.78 is 2.01. The average molecular weight is 308 g/mol. The van der Waals surface area contributed by atoms with Gasteiger partial charge in [0.25, 0.3) is 0 Å². The summed E-state index contributed by atoms with van der Waals surface area (Å²) in [6, 6.07) is 2.22. The molecule has 0 aliphatic rings. The van der Waals surface area contributed by atoms with Crippen LogP contribution in [-0.4, -0.2) is 56.4 Å². The number of aryl methyl sites for hydroxylation is 1. The number of carbonyl (C=O) groups is 1. The summed E-state index contributed by atoms with van der Waals surface area (Å²) >= 11 is 1.24. The molecule has 2 aromatic heterocycles. The lowest BCUT2D eigenvalue weighted by atomic mass is 10.2. The molecule has 114 valence electrons. The maximum absolute atomic E-state index is 10.8. The Bertz CT molecular complexity index is 654. The summed E-state index contributed by atoms with van der Waals surface area (Å²) in [7, 11) is 4.04. The molecule has 1 unspecified atom stereocenters. The van der Waals surface area contributed by atoms with Crippen LogP contribution in [0.2, 0.25) is 0 Å². The highest BCUT2D eigenvalue weighted by atomic mass is 32.2. The highest BCUT2D eigenvalue weighted by Crippen LogP contribution is 2.25. The van der Waals surface area contributed by atoms with Crippen LogP contribution >= 0.6 is 11.8 Å². The van der Waals surface area contributed by atoms with Crippen molar-refractivity contribution >= 4 is 28.9 Å². The lowest BCUT2D eigenvalue weighted by Crippen LogP contribution is -2.29. The lowest BCUT2D eigenvalue weighted by molar-refractivity contribution is -0.133. The minimum absolute atomic E-state index is 0.00128. The number of pyridine rings is 1. The standard InChI is InChI=1S/C14H20N4O2S/c1-9-5-6-15-13-12(9)16-14(21-8-11(19)20)18(13)7-10(2)17(3)4/h5-6,10H,7-8H2,1-4H3,(H,19,20). The van der Waals surface area contributed by atoms with Gasteiger partial charge in [-0.25, -0.2) is 9.97 Å². The largest absolute Gasteiger partial charge is 0.481 e. The van der Waals surface area contributed by atoms with Crippen molar-refractivity contribution in [2.75, 3.05) is 19.8 Å². The molecule has 1 atom stereocenters. The van der Waals surface area contributed by atoms with Crippen LogP contribution in [0.3, 0.4) is 0 Å². The molecule has 0 fully saturated rings. The summed E-state index contributed by atoms with van der Waals surface area (Å²) in [5.41, 5.74) is 2.71. The number of carboxylic acids is 1. The highest BCUT2D eigenvalue weighted by molar-refractivity contribution is 7.99. The Morgan fingerprint density at radius 1 is 1.52 bits per heavy atom. The van der Waals surface area contributed by atoms with E-state index in [4.69, 9.17) is 5.11 Å². The van der Waals surface area contributed by atoms with Gasteiger partial charge in [-0.2, -0.15) is 0 Å². The number of nitrogens with zero attached hydrogens (tertiary/aromatic N) is 4. The topological polar surface area (TPSA) is 71.2 Å². The lowest BCUT2D eigenvalue weighted by Gasteiger charge is -2.21. The molecule has 7 heteroatoms. The normalized spacial score (nSPS) is 13.0. The molecule has 0 amide bonds. The minimum Gasteiger partial charge on any atom is -0.481 e. The molecule has 2 rings (SSSR count). The monoisotopic (exact) mass is 308 g/mol. The molecule has 0 spiro atoms. The van der Waals surface area contributed by atoms with Gasteiger partial charge in [-0.1, -0.05) is 11.8 Å². The third-order valence-electron chi connectivity index (χ3n) is 3.45. The van der Waals surface area contributed by atoms with E-state index in [0.717, 1.165) is 23.3 Å². The van der Waals surface area contributed by atoms with Gasteiger partial charge in [0.15, 0.2) is 10.8 Å². The molecule has 0 aromatic carbocycles. The number of fused-ring (bicyclic) bond motifs is 1. The van der Waals surface area contributed by atoms with Crippen LogP contribution in [0.15, 0.2) is 17.4 Å². The number of likely N-dealkylation sites (N-methyl/N-ethyl adjacent to an activating group) is 1. The van der Waals surface area contributed by atoms with Crippen molar-refractivity contribution in [3.05, 3.63) is 17.8 Å². The molecular formula is C14H20N4O2S. The molecule has 6 nitrogen and oxygen atoms in total. The summed E-state index contributed by atoms with van der Waals surface area (Å²) in [6.07, 6.45) is 1.77. The van der Waals surface area contributed by atoms with Gasteiger partial charge in [-0.3, -0.25) is 4.79 Å². The minimum atomic E-state index is -0.844. The van der Waals surface area contributed by atoms with Gasteiger partial charge >= 0.3 is 5.97 Å². The molecule has 0 aliphatic heterocycles. The molecule has 0 aliphatic carbocycles. The Morgan fingerprint density at radius 3 is 2.86 bits per heavy atom. The van der Waals surface area contributed by atoms with Gasteiger partial charge in [0.05, 0.1) is 5.75 Å². The first-order chi connectivity index (χ1) is 9.90. The molecule has 2 heterocycles. The van der Waals surface area contributed by atoms with Gasteiger partial charge in [-0.05, 0) is 39.6 Å². The number of aliphatic carboxylic acids is 1. The average Bonchev–Trinajstić information content (AvgIpc) is 2.76. The highest BCUT2D eigenvalue weighted by Gasteiger charge is 2.17. The fourth-order valence-electron chi connectivity index (χ4n) is 1.95. The van der Waals surface area contributed by atoms with E-state index in [1.54, 1.807) is 6.20 Å². The van der Waals surface area contributed by atoms with Crippen LogP contribution in [0, 0.1) is 6.92 Å². The van der Waals surface area contributed by atoms with Crippen LogP contribution in [0.5, 0.6) is 0 Å². The summed E-state index contributed by atoms with van der Waals surface area (Å²) in [4.78, 5) is 21.9. The number of rotatable bonds is 6. The van der Waals surface area contributed by atoms with Gasteiger partial charge in [0.1, 0.15) is 5.52 Å². The van der Waals surface area contributed by atoms with Crippen LogP contribution < -0.4 is 0 Å². The molecule has 0 saturated carbocycles. The summed E-state index contributed by atoms with van der Waals surface area (Å²) in [5, 5.41) is 9.59. The Kier molecular flexibility index (Phi) is 4.84. The predicted molar refractivity (Wildman–Crippen MR) is 83.8 cm³/mol. The van der Waals surface area contributed by atoms with Crippen LogP contribution in [0.25, 0.3) is 11.2 Å². The summed E-state index contributed by atoms with van der Waals surface area (Å²) in [6.45, 7) is 4.83. The van der Waals surface area contributed by atoms with Crippen molar-refractivity contribution in [1.29, 1.82) is 0 Å². The van der Waals surface area contributed by atoms with E-state index in [-0.39, 0.29) is 5.75 Å². The first kappa shape index (κ1) is 15.8. The molecular weight excluding hydrogens is 288 g/mol. The number of hydrogen-bond donors (Lipinski definition) is 1. The van der Waals surface area contributed by atoms with Crippen molar-refractivity contribution < 1.29 is 9.90 Å². The Balaban J connectivity index is 2.44. The quantitative estimate of drug-likeness (QED) is 0.821. The van der Waals surface area contributed by atoms with Gasteiger partial charge in [0, 0.05) is 18.8 Å². The number of thioether (sulfide) groups is 1. The second-order valence-electron chi connectivity index (χ2n) is 5.30. The molecule has 0 bridgehead atoms. The van der Waals surface area contributed by atoms with Gasteiger partial charge < -0.3 is 14.6 Å². The molecule has 0 saturated heterocycles. The number of aromatic nitrogens is 3. The smallest absolute Gasteiger partial charge is 0.313 e. The Hall–Kier alpha value is -1.60. The zero-order valence-electron chi connectivity index (χ0n) is 12.7. The molecule has 1 N–H and O–H groups in total. The van der Waals surface area contributed by atoms with E-state index in [1.807, 2.05) is 31.7 Å². The van der Waals surface area contributed by atoms with Crippen molar-refractivity contribution in [1.82, 2.24) is 19.4 Å². The van der Waals surface area contributed by atoms with Crippen molar-refractivity contribution in [3.63, 3.8) is 0 Å². The second-order valence-corrected chi connectivity index (χ2v) is 6.24.